The monoisotopic (exact) mass is 462 g/mol. The average Bonchev–Trinajstić information content (AvgIpc) is 3.35. The molecule has 1 aromatic carbocycles. The van der Waals surface area contributed by atoms with Crippen LogP contribution in [-0.2, 0) is 9.53 Å². The number of amides is 1. The lowest BCUT2D eigenvalue weighted by molar-refractivity contribution is -0.117. The Labute approximate surface area is 198 Å². The van der Waals surface area contributed by atoms with Crippen LogP contribution < -0.4 is 20.9 Å². The van der Waals surface area contributed by atoms with E-state index in [1.54, 1.807) is 6.20 Å². The van der Waals surface area contributed by atoms with E-state index in [1.165, 1.54) is 11.8 Å². The van der Waals surface area contributed by atoms with Crippen LogP contribution in [0.1, 0.15) is 25.7 Å². The van der Waals surface area contributed by atoms with Gasteiger partial charge in [-0.25, -0.2) is 0 Å². The predicted molar refractivity (Wildman–Crippen MR) is 132 cm³/mol. The molecule has 10 heteroatoms. The van der Waals surface area contributed by atoms with Gasteiger partial charge in [0, 0.05) is 36.5 Å². The first-order chi connectivity index (χ1) is 16.7. The number of morpholine rings is 1. The third-order valence-electron chi connectivity index (χ3n) is 6.41. The van der Waals surface area contributed by atoms with Crippen LogP contribution >= 0.6 is 0 Å². The zero-order chi connectivity index (χ0) is 23.3. The van der Waals surface area contributed by atoms with Gasteiger partial charge in [-0.2, -0.15) is 15.1 Å². The molecule has 10 nitrogen and oxygen atoms in total. The van der Waals surface area contributed by atoms with Crippen LogP contribution in [0.3, 0.4) is 0 Å². The van der Waals surface area contributed by atoms with Crippen LogP contribution in [0.4, 0.5) is 23.1 Å². The van der Waals surface area contributed by atoms with Gasteiger partial charge in [-0.15, -0.1) is 0 Å². The lowest BCUT2D eigenvalue weighted by Crippen LogP contribution is -2.39. The molecule has 2 aromatic heterocycles. The van der Waals surface area contributed by atoms with Gasteiger partial charge in [-0.1, -0.05) is 6.58 Å². The molecule has 3 aromatic rings. The van der Waals surface area contributed by atoms with E-state index in [2.05, 4.69) is 54.7 Å². The fourth-order valence-corrected chi connectivity index (χ4v) is 4.54. The summed E-state index contributed by atoms with van der Waals surface area (Å²) >= 11 is 0. The van der Waals surface area contributed by atoms with Gasteiger partial charge in [0.25, 0.3) is 0 Å². The Bertz CT molecular complexity index is 1130. The van der Waals surface area contributed by atoms with E-state index in [-0.39, 0.29) is 18.0 Å². The second-order valence-corrected chi connectivity index (χ2v) is 8.70. The standard InChI is InChI=1S/C24H30N8O2/c1-2-21(33)26-16-3-5-17(6-4-16)27-22-20-15-25-31-23(20)30-24(29-22)28-18-7-9-19(10-8-18)32-11-13-34-14-12-32/h2,7-10,15-17H,1,3-6,11-14H2,(H,26,33)(H3,25,27,28,29,30,31). The number of carbonyl (C=O) groups excluding carboxylic acids is 1. The van der Waals surface area contributed by atoms with Crippen molar-refractivity contribution < 1.29 is 9.53 Å². The Hall–Kier alpha value is -3.66. The van der Waals surface area contributed by atoms with E-state index in [9.17, 15) is 4.79 Å². The third-order valence-corrected chi connectivity index (χ3v) is 6.41. The maximum Gasteiger partial charge on any atom is 0.243 e. The molecular formula is C24H30N8O2. The number of nitrogens with one attached hydrogen (secondary N) is 4. The van der Waals surface area contributed by atoms with E-state index >= 15 is 0 Å². The molecule has 5 rings (SSSR count). The number of anilines is 4. The van der Waals surface area contributed by atoms with Crippen LogP contribution in [0.15, 0.2) is 43.1 Å². The Morgan fingerprint density at radius 2 is 1.82 bits per heavy atom. The number of H-pyrrole nitrogens is 1. The summed E-state index contributed by atoms with van der Waals surface area (Å²) in [5, 5.41) is 17.9. The lowest BCUT2D eigenvalue weighted by atomic mass is 9.91. The van der Waals surface area contributed by atoms with Crippen LogP contribution in [0, 0.1) is 0 Å². The number of aromatic amines is 1. The smallest absolute Gasteiger partial charge is 0.243 e. The summed E-state index contributed by atoms with van der Waals surface area (Å²) in [5.74, 6) is 1.15. The van der Waals surface area contributed by atoms with E-state index in [1.807, 2.05) is 12.1 Å². The van der Waals surface area contributed by atoms with E-state index < -0.39 is 0 Å². The molecule has 2 aliphatic rings. The minimum Gasteiger partial charge on any atom is -0.378 e. The van der Waals surface area contributed by atoms with Gasteiger partial charge in [0.15, 0.2) is 5.65 Å². The van der Waals surface area contributed by atoms with Gasteiger partial charge in [-0.3, -0.25) is 9.89 Å². The van der Waals surface area contributed by atoms with Crippen molar-refractivity contribution in [2.24, 2.45) is 0 Å². The molecule has 178 valence electrons. The first kappa shape index (κ1) is 22.1. The summed E-state index contributed by atoms with van der Waals surface area (Å²) in [4.78, 5) is 23.2. The molecule has 1 saturated heterocycles. The minimum atomic E-state index is -0.110. The van der Waals surface area contributed by atoms with Crippen molar-refractivity contribution in [3.8, 4) is 0 Å². The van der Waals surface area contributed by atoms with E-state index in [0.717, 1.165) is 68.9 Å². The van der Waals surface area contributed by atoms with Crippen molar-refractivity contribution in [2.75, 3.05) is 41.8 Å². The number of carbonyl (C=O) groups is 1. The van der Waals surface area contributed by atoms with Gasteiger partial charge < -0.3 is 25.6 Å². The number of hydrogen-bond acceptors (Lipinski definition) is 8. The number of rotatable bonds is 7. The zero-order valence-electron chi connectivity index (χ0n) is 19.1. The van der Waals surface area contributed by atoms with Crippen LogP contribution in [0.2, 0.25) is 0 Å². The summed E-state index contributed by atoms with van der Waals surface area (Å²) in [5.41, 5.74) is 2.78. The first-order valence-electron chi connectivity index (χ1n) is 11.8. The van der Waals surface area contributed by atoms with Crippen LogP contribution in [-0.4, -0.2) is 64.5 Å². The topological polar surface area (TPSA) is 120 Å². The van der Waals surface area contributed by atoms with Gasteiger partial charge in [0.2, 0.25) is 11.9 Å². The van der Waals surface area contributed by atoms with Crippen molar-refractivity contribution in [3.05, 3.63) is 43.1 Å². The molecule has 3 heterocycles. The SMILES string of the molecule is C=CC(=O)NC1CCC(Nc2nc(Nc3ccc(N4CCOCC4)cc3)nc3[nH]ncc23)CC1. The van der Waals surface area contributed by atoms with Crippen molar-refractivity contribution in [3.63, 3.8) is 0 Å². The van der Waals surface area contributed by atoms with Gasteiger partial charge in [-0.05, 0) is 56.0 Å². The van der Waals surface area contributed by atoms with Gasteiger partial charge in [0.1, 0.15) is 5.82 Å². The van der Waals surface area contributed by atoms with Crippen molar-refractivity contribution >= 4 is 40.1 Å². The summed E-state index contributed by atoms with van der Waals surface area (Å²) in [7, 11) is 0. The summed E-state index contributed by atoms with van der Waals surface area (Å²) in [6.07, 6.45) is 6.78. The fourth-order valence-electron chi connectivity index (χ4n) is 4.54. The highest BCUT2D eigenvalue weighted by Crippen LogP contribution is 2.27. The Kier molecular flexibility index (Phi) is 6.57. The Morgan fingerprint density at radius 3 is 2.56 bits per heavy atom. The maximum absolute atomic E-state index is 11.6. The molecule has 1 aliphatic carbocycles. The summed E-state index contributed by atoms with van der Waals surface area (Å²) in [6, 6.07) is 8.75. The molecule has 1 aliphatic heterocycles. The zero-order valence-corrected chi connectivity index (χ0v) is 19.1. The molecule has 2 fully saturated rings. The molecule has 34 heavy (non-hydrogen) atoms. The van der Waals surface area contributed by atoms with E-state index in [0.29, 0.717) is 11.6 Å². The average molecular weight is 463 g/mol. The Balaban J connectivity index is 1.26. The highest BCUT2D eigenvalue weighted by Gasteiger charge is 2.23. The second-order valence-electron chi connectivity index (χ2n) is 8.70. The van der Waals surface area contributed by atoms with Crippen molar-refractivity contribution in [1.82, 2.24) is 25.5 Å². The molecule has 1 saturated carbocycles. The molecule has 1 amide bonds. The number of nitrogens with zero attached hydrogens (tertiary/aromatic N) is 4. The van der Waals surface area contributed by atoms with Gasteiger partial charge in [0.05, 0.1) is 24.8 Å². The first-order valence-corrected chi connectivity index (χ1v) is 11.8. The van der Waals surface area contributed by atoms with Crippen molar-refractivity contribution in [1.29, 1.82) is 0 Å². The highest BCUT2D eigenvalue weighted by atomic mass is 16.5. The van der Waals surface area contributed by atoms with Gasteiger partial charge >= 0.3 is 0 Å². The molecule has 0 atom stereocenters. The quantitative estimate of drug-likeness (QED) is 0.396. The Morgan fingerprint density at radius 1 is 1.09 bits per heavy atom. The van der Waals surface area contributed by atoms with E-state index in [4.69, 9.17) is 9.72 Å². The van der Waals surface area contributed by atoms with Crippen LogP contribution in [0.5, 0.6) is 0 Å². The second kappa shape index (κ2) is 10.1. The highest BCUT2D eigenvalue weighted by molar-refractivity contribution is 5.88. The molecule has 0 spiro atoms. The summed E-state index contributed by atoms with van der Waals surface area (Å²) < 4.78 is 5.44. The normalized spacial score (nSPS) is 20.6. The summed E-state index contributed by atoms with van der Waals surface area (Å²) in [6.45, 7) is 6.86. The fraction of sp³-hybridized carbons (Fsp3) is 0.417. The number of hydrogen-bond donors (Lipinski definition) is 4. The number of benzene rings is 1. The van der Waals surface area contributed by atoms with Crippen LogP contribution in [0.25, 0.3) is 11.0 Å². The molecule has 0 radical (unpaired) electrons. The third kappa shape index (κ3) is 5.12. The molecular weight excluding hydrogens is 432 g/mol. The van der Waals surface area contributed by atoms with Crippen molar-refractivity contribution in [2.45, 2.75) is 37.8 Å². The molecule has 0 bridgehead atoms. The maximum atomic E-state index is 11.6. The lowest BCUT2D eigenvalue weighted by Gasteiger charge is -2.30. The number of aromatic nitrogens is 4. The minimum absolute atomic E-state index is 0.110. The molecule has 0 unspecified atom stereocenters. The number of fused-ring (bicyclic) bond motifs is 1. The number of ether oxygens (including phenoxy) is 1. The largest absolute Gasteiger partial charge is 0.378 e. The molecule has 4 N–H and O–H groups in total. The predicted octanol–water partition coefficient (Wildman–Crippen LogP) is 2.96.